The van der Waals surface area contributed by atoms with Gasteiger partial charge in [-0.1, -0.05) is 0 Å². The lowest BCUT2D eigenvalue weighted by molar-refractivity contribution is 0.419. The van der Waals surface area contributed by atoms with Crippen LogP contribution in [0.2, 0.25) is 0 Å². The fourth-order valence-corrected chi connectivity index (χ4v) is 2.29. The van der Waals surface area contributed by atoms with Crippen LogP contribution in [0.25, 0.3) is 0 Å². The Kier molecular flexibility index (Phi) is 3.93. The molecular weight excluding hydrogens is 339 g/mol. The van der Waals surface area contributed by atoms with Crippen molar-refractivity contribution < 1.29 is 17.2 Å². The van der Waals surface area contributed by atoms with Gasteiger partial charge in [0, 0.05) is 4.47 Å². The SMILES string of the molecule is NS(=O)(=O)c1ccc(CNc2cc(F)ccc2Br)o1. The smallest absolute Gasteiger partial charge is 0.271 e. The molecule has 0 spiro atoms. The average molecular weight is 349 g/mol. The number of halogens is 2. The van der Waals surface area contributed by atoms with Crippen molar-refractivity contribution in [3.63, 3.8) is 0 Å². The molecule has 5 nitrogen and oxygen atoms in total. The zero-order valence-electron chi connectivity index (χ0n) is 9.56. The number of benzene rings is 1. The molecule has 0 saturated carbocycles. The molecule has 0 fully saturated rings. The Hall–Kier alpha value is -1.38. The number of nitrogens with two attached hydrogens (primary N) is 1. The van der Waals surface area contributed by atoms with Gasteiger partial charge in [-0.05, 0) is 46.3 Å². The Morgan fingerprint density at radius 2 is 2.05 bits per heavy atom. The van der Waals surface area contributed by atoms with Crippen LogP contribution in [0.15, 0.2) is 44.3 Å². The highest BCUT2D eigenvalue weighted by Gasteiger charge is 2.13. The zero-order valence-corrected chi connectivity index (χ0v) is 12.0. The van der Waals surface area contributed by atoms with Gasteiger partial charge in [0.05, 0.1) is 12.2 Å². The minimum Gasteiger partial charge on any atom is -0.446 e. The summed E-state index contributed by atoms with van der Waals surface area (Å²) in [6.07, 6.45) is 0. The molecule has 2 aromatic rings. The maximum atomic E-state index is 13.1. The third-order valence-corrected chi connectivity index (χ3v) is 3.77. The third-order valence-electron chi connectivity index (χ3n) is 2.30. The minimum absolute atomic E-state index is 0.206. The van der Waals surface area contributed by atoms with Crippen molar-refractivity contribution in [3.8, 4) is 0 Å². The molecule has 1 aromatic carbocycles. The highest BCUT2D eigenvalue weighted by molar-refractivity contribution is 9.10. The van der Waals surface area contributed by atoms with Crippen molar-refractivity contribution in [1.82, 2.24) is 0 Å². The number of nitrogens with one attached hydrogen (secondary N) is 1. The topological polar surface area (TPSA) is 85.3 Å². The molecule has 8 heteroatoms. The Morgan fingerprint density at radius 1 is 1.32 bits per heavy atom. The molecule has 0 saturated heterocycles. The Labute approximate surface area is 117 Å². The summed E-state index contributed by atoms with van der Waals surface area (Å²) in [5.74, 6) is -0.00411. The van der Waals surface area contributed by atoms with Crippen molar-refractivity contribution in [2.45, 2.75) is 11.6 Å². The Morgan fingerprint density at radius 3 is 2.68 bits per heavy atom. The van der Waals surface area contributed by atoms with Crippen LogP contribution < -0.4 is 10.5 Å². The molecule has 0 aliphatic heterocycles. The lowest BCUT2D eigenvalue weighted by atomic mass is 10.3. The van der Waals surface area contributed by atoms with Crippen molar-refractivity contribution in [2.24, 2.45) is 5.14 Å². The summed E-state index contributed by atoms with van der Waals surface area (Å²) in [5, 5.41) is 7.54. The van der Waals surface area contributed by atoms with Crippen LogP contribution in [0.5, 0.6) is 0 Å². The van der Waals surface area contributed by atoms with E-state index in [9.17, 15) is 12.8 Å². The number of hydrogen-bond donors (Lipinski definition) is 2. The Bertz CT molecular complexity index is 700. The number of rotatable bonds is 4. The Balaban J connectivity index is 2.11. The first kappa shape index (κ1) is 14.0. The molecule has 0 bridgehead atoms. The fourth-order valence-electron chi connectivity index (χ4n) is 1.42. The van der Waals surface area contributed by atoms with Gasteiger partial charge in [0.15, 0.2) is 0 Å². The summed E-state index contributed by atoms with van der Waals surface area (Å²) in [5.41, 5.74) is 0.536. The molecule has 19 heavy (non-hydrogen) atoms. The number of anilines is 1. The molecule has 0 unspecified atom stereocenters. The van der Waals surface area contributed by atoms with Gasteiger partial charge in [0.25, 0.3) is 10.0 Å². The summed E-state index contributed by atoms with van der Waals surface area (Å²) in [6.45, 7) is 0.206. The lowest BCUT2D eigenvalue weighted by Crippen LogP contribution is -2.10. The molecule has 1 aromatic heterocycles. The predicted octanol–water partition coefficient (Wildman–Crippen LogP) is 2.44. The highest BCUT2D eigenvalue weighted by Crippen LogP contribution is 2.24. The van der Waals surface area contributed by atoms with Gasteiger partial charge in [-0.2, -0.15) is 0 Å². The second kappa shape index (κ2) is 5.32. The molecule has 3 N–H and O–H groups in total. The molecule has 0 aliphatic carbocycles. The summed E-state index contributed by atoms with van der Waals surface area (Å²) in [7, 11) is -3.84. The second-order valence-electron chi connectivity index (χ2n) is 3.74. The quantitative estimate of drug-likeness (QED) is 0.888. The predicted molar refractivity (Wildman–Crippen MR) is 71.5 cm³/mol. The van der Waals surface area contributed by atoms with Crippen LogP contribution in [0.4, 0.5) is 10.1 Å². The summed E-state index contributed by atoms with van der Waals surface area (Å²) in [6, 6.07) is 6.96. The number of furan rings is 1. The lowest BCUT2D eigenvalue weighted by Gasteiger charge is -2.06. The zero-order chi connectivity index (χ0) is 14.0. The molecule has 0 amide bonds. The van der Waals surface area contributed by atoms with E-state index in [1.807, 2.05) is 0 Å². The van der Waals surface area contributed by atoms with Gasteiger partial charge in [0.1, 0.15) is 11.6 Å². The molecule has 102 valence electrons. The van der Waals surface area contributed by atoms with E-state index in [-0.39, 0.29) is 17.5 Å². The standard InChI is InChI=1S/C11H10BrFN2O3S/c12-9-3-1-7(13)5-10(9)15-6-8-2-4-11(18-8)19(14,16)17/h1-5,15H,6H2,(H2,14,16,17). The first-order valence-electron chi connectivity index (χ1n) is 5.17. The summed E-state index contributed by atoms with van der Waals surface area (Å²) < 4.78 is 40.8. The van der Waals surface area contributed by atoms with Gasteiger partial charge in [0.2, 0.25) is 5.09 Å². The van der Waals surface area contributed by atoms with Gasteiger partial charge in [-0.25, -0.2) is 17.9 Å². The fraction of sp³-hybridized carbons (Fsp3) is 0.0909. The van der Waals surface area contributed by atoms with Crippen LogP contribution in [0, 0.1) is 5.82 Å². The van der Waals surface area contributed by atoms with Gasteiger partial charge >= 0.3 is 0 Å². The molecule has 2 rings (SSSR count). The molecule has 1 heterocycles. The van der Waals surface area contributed by atoms with Crippen LogP contribution in [0.3, 0.4) is 0 Å². The van der Waals surface area contributed by atoms with E-state index in [0.717, 1.165) is 0 Å². The van der Waals surface area contributed by atoms with Crippen LogP contribution in [-0.4, -0.2) is 8.42 Å². The van der Waals surface area contributed by atoms with Crippen LogP contribution >= 0.6 is 15.9 Å². The average Bonchev–Trinajstić information content (AvgIpc) is 2.79. The van der Waals surface area contributed by atoms with Crippen LogP contribution in [-0.2, 0) is 16.6 Å². The maximum absolute atomic E-state index is 13.1. The third kappa shape index (κ3) is 3.55. The number of hydrogen-bond acceptors (Lipinski definition) is 4. The van der Waals surface area contributed by atoms with E-state index >= 15 is 0 Å². The first-order chi connectivity index (χ1) is 8.86. The van der Waals surface area contributed by atoms with E-state index in [1.165, 1.54) is 24.3 Å². The highest BCUT2D eigenvalue weighted by atomic mass is 79.9. The van der Waals surface area contributed by atoms with Gasteiger partial charge in [-0.15, -0.1) is 0 Å². The molecule has 0 atom stereocenters. The van der Waals surface area contributed by atoms with E-state index < -0.39 is 10.0 Å². The second-order valence-corrected chi connectivity index (χ2v) is 6.09. The number of sulfonamides is 1. The molecular formula is C11H10BrFN2O3S. The minimum atomic E-state index is -3.84. The first-order valence-corrected chi connectivity index (χ1v) is 7.50. The molecule has 0 aliphatic rings. The summed E-state index contributed by atoms with van der Waals surface area (Å²) in [4.78, 5) is 0. The van der Waals surface area contributed by atoms with Gasteiger partial charge < -0.3 is 9.73 Å². The molecule has 0 radical (unpaired) electrons. The van der Waals surface area contributed by atoms with E-state index in [0.29, 0.717) is 15.9 Å². The van der Waals surface area contributed by atoms with Crippen molar-refractivity contribution in [2.75, 3.05) is 5.32 Å². The van der Waals surface area contributed by atoms with Gasteiger partial charge in [-0.3, -0.25) is 0 Å². The van der Waals surface area contributed by atoms with Crippen molar-refractivity contribution >= 4 is 31.6 Å². The summed E-state index contributed by atoms with van der Waals surface area (Å²) >= 11 is 3.27. The normalized spacial score (nSPS) is 11.5. The largest absolute Gasteiger partial charge is 0.446 e. The van der Waals surface area contributed by atoms with Crippen molar-refractivity contribution in [3.05, 3.63) is 46.4 Å². The van der Waals surface area contributed by atoms with E-state index in [1.54, 1.807) is 6.07 Å². The van der Waals surface area contributed by atoms with E-state index in [4.69, 9.17) is 9.56 Å². The number of primary sulfonamides is 1. The monoisotopic (exact) mass is 348 g/mol. The maximum Gasteiger partial charge on any atom is 0.271 e. The van der Waals surface area contributed by atoms with Crippen molar-refractivity contribution in [1.29, 1.82) is 0 Å². The van der Waals surface area contributed by atoms with Crippen LogP contribution in [0.1, 0.15) is 5.76 Å². The van der Waals surface area contributed by atoms with E-state index in [2.05, 4.69) is 21.2 Å².